The number of benzene rings is 1. The highest BCUT2D eigenvalue weighted by molar-refractivity contribution is 5.35. The first-order valence-electron chi connectivity index (χ1n) is 4.98. The van der Waals surface area contributed by atoms with E-state index in [9.17, 15) is 0 Å². The van der Waals surface area contributed by atoms with Gasteiger partial charge in [-0.3, -0.25) is 0 Å². The maximum absolute atomic E-state index is 8.65. The van der Waals surface area contributed by atoms with Crippen LogP contribution in [0.2, 0.25) is 0 Å². The molecule has 0 heterocycles. The zero-order chi connectivity index (χ0) is 10.1. The van der Waals surface area contributed by atoms with E-state index in [0.717, 1.165) is 5.56 Å². The summed E-state index contributed by atoms with van der Waals surface area (Å²) in [5.74, 6) is 1.27. The monoisotopic (exact) mass is 186 g/mol. The lowest BCUT2D eigenvalue weighted by molar-refractivity contribution is 0.631. The summed E-state index contributed by atoms with van der Waals surface area (Å²) in [5.41, 5.74) is 7.88. The quantitative estimate of drug-likeness (QED) is 0.768. The molecule has 1 aromatic carbocycles. The normalized spacial score (nSPS) is 26.6. The van der Waals surface area contributed by atoms with Crippen molar-refractivity contribution in [3.05, 3.63) is 35.4 Å². The molecular weight excluding hydrogens is 172 g/mol. The van der Waals surface area contributed by atoms with Gasteiger partial charge in [0.15, 0.2) is 0 Å². The number of nitrogens with two attached hydrogens (primary N) is 1. The Kier molecular flexibility index (Phi) is 2.26. The van der Waals surface area contributed by atoms with Gasteiger partial charge in [-0.2, -0.15) is 5.26 Å². The van der Waals surface area contributed by atoms with E-state index in [4.69, 9.17) is 11.0 Å². The standard InChI is InChI=1S/C12H14N2/c1-8(14)11-6-12(11)10-4-2-9(7-13)3-5-10/h2-5,8,11-12H,6,14H2,1H3. The van der Waals surface area contributed by atoms with Gasteiger partial charge in [0.1, 0.15) is 0 Å². The fourth-order valence-corrected chi connectivity index (χ4v) is 1.98. The molecule has 0 saturated heterocycles. The van der Waals surface area contributed by atoms with Gasteiger partial charge in [0.05, 0.1) is 11.6 Å². The van der Waals surface area contributed by atoms with E-state index in [-0.39, 0.29) is 6.04 Å². The second-order valence-corrected chi connectivity index (χ2v) is 4.10. The van der Waals surface area contributed by atoms with Crippen LogP contribution in [0.4, 0.5) is 0 Å². The summed E-state index contributed by atoms with van der Waals surface area (Å²) in [6.45, 7) is 2.06. The first-order valence-corrected chi connectivity index (χ1v) is 4.98. The number of hydrogen-bond donors (Lipinski definition) is 1. The fraction of sp³-hybridized carbons (Fsp3) is 0.417. The molecule has 2 N–H and O–H groups in total. The highest BCUT2D eigenvalue weighted by atomic mass is 14.7. The van der Waals surface area contributed by atoms with E-state index in [0.29, 0.717) is 11.8 Å². The van der Waals surface area contributed by atoms with Crippen LogP contribution in [0.1, 0.15) is 30.4 Å². The van der Waals surface area contributed by atoms with Crippen LogP contribution < -0.4 is 5.73 Å². The van der Waals surface area contributed by atoms with Crippen molar-refractivity contribution < 1.29 is 0 Å². The van der Waals surface area contributed by atoms with E-state index in [1.54, 1.807) is 0 Å². The Balaban J connectivity index is 2.10. The van der Waals surface area contributed by atoms with Gasteiger partial charge in [0.2, 0.25) is 0 Å². The predicted octanol–water partition coefficient (Wildman–Crippen LogP) is 2.01. The lowest BCUT2D eigenvalue weighted by Gasteiger charge is -2.03. The Morgan fingerprint density at radius 2 is 2.07 bits per heavy atom. The van der Waals surface area contributed by atoms with E-state index < -0.39 is 0 Å². The van der Waals surface area contributed by atoms with Gasteiger partial charge in [0, 0.05) is 6.04 Å². The molecule has 14 heavy (non-hydrogen) atoms. The zero-order valence-electron chi connectivity index (χ0n) is 8.27. The molecule has 2 rings (SSSR count). The Morgan fingerprint density at radius 1 is 1.43 bits per heavy atom. The third-order valence-corrected chi connectivity index (χ3v) is 2.98. The Labute approximate surface area is 84.3 Å². The molecule has 2 nitrogen and oxygen atoms in total. The van der Waals surface area contributed by atoms with Crippen molar-refractivity contribution in [3.8, 4) is 6.07 Å². The molecule has 3 atom stereocenters. The minimum atomic E-state index is 0.288. The highest BCUT2D eigenvalue weighted by Gasteiger charge is 2.40. The van der Waals surface area contributed by atoms with Gasteiger partial charge in [-0.25, -0.2) is 0 Å². The Bertz CT molecular complexity index is 359. The Morgan fingerprint density at radius 3 is 2.50 bits per heavy atom. The largest absolute Gasteiger partial charge is 0.328 e. The van der Waals surface area contributed by atoms with Crippen LogP contribution in [-0.4, -0.2) is 6.04 Å². The van der Waals surface area contributed by atoms with Gasteiger partial charge >= 0.3 is 0 Å². The molecule has 0 aromatic heterocycles. The number of rotatable bonds is 2. The minimum Gasteiger partial charge on any atom is -0.328 e. The predicted molar refractivity (Wildman–Crippen MR) is 55.7 cm³/mol. The summed E-state index contributed by atoms with van der Waals surface area (Å²) in [4.78, 5) is 0. The van der Waals surface area contributed by atoms with Crippen LogP contribution in [0.15, 0.2) is 24.3 Å². The molecule has 72 valence electrons. The molecule has 1 saturated carbocycles. The summed E-state index contributed by atoms with van der Waals surface area (Å²) in [6, 6.07) is 10.3. The summed E-state index contributed by atoms with van der Waals surface area (Å²) >= 11 is 0. The molecule has 1 aliphatic carbocycles. The molecule has 3 unspecified atom stereocenters. The highest BCUT2D eigenvalue weighted by Crippen LogP contribution is 2.48. The molecule has 0 bridgehead atoms. The van der Waals surface area contributed by atoms with Crippen LogP contribution in [-0.2, 0) is 0 Å². The Hall–Kier alpha value is -1.33. The van der Waals surface area contributed by atoms with Crippen molar-refractivity contribution in [2.75, 3.05) is 0 Å². The third kappa shape index (κ3) is 1.64. The number of nitriles is 1. The average molecular weight is 186 g/mol. The topological polar surface area (TPSA) is 49.8 Å². The lowest BCUT2D eigenvalue weighted by Crippen LogP contribution is -2.17. The molecular formula is C12H14N2. The van der Waals surface area contributed by atoms with Crippen molar-refractivity contribution in [1.82, 2.24) is 0 Å². The second kappa shape index (κ2) is 3.43. The number of hydrogen-bond acceptors (Lipinski definition) is 2. The summed E-state index contributed by atoms with van der Waals surface area (Å²) in [6.07, 6.45) is 1.20. The van der Waals surface area contributed by atoms with Crippen LogP contribution >= 0.6 is 0 Å². The van der Waals surface area contributed by atoms with Gasteiger partial charge in [0.25, 0.3) is 0 Å². The summed E-state index contributed by atoms with van der Waals surface area (Å²) in [7, 11) is 0. The molecule has 1 aromatic rings. The van der Waals surface area contributed by atoms with Crippen molar-refractivity contribution in [2.24, 2.45) is 11.7 Å². The smallest absolute Gasteiger partial charge is 0.0991 e. The fourth-order valence-electron chi connectivity index (χ4n) is 1.98. The van der Waals surface area contributed by atoms with Crippen LogP contribution in [0, 0.1) is 17.2 Å². The van der Waals surface area contributed by atoms with E-state index in [2.05, 4.69) is 13.0 Å². The first-order chi connectivity index (χ1) is 6.72. The van der Waals surface area contributed by atoms with E-state index >= 15 is 0 Å². The van der Waals surface area contributed by atoms with Crippen molar-refractivity contribution in [3.63, 3.8) is 0 Å². The maximum atomic E-state index is 8.65. The molecule has 0 spiro atoms. The molecule has 1 fully saturated rings. The second-order valence-electron chi connectivity index (χ2n) is 4.10. The third-order valence-electron chi connectivity index (χ3n) is 2.98. The first kappa shape index (κ1) is 9.23. The van der Waals surface area contributed by atoms with Gasteiger partial charge < -0.3 is 5.73 Å². The SMILES string of the molecule is CC(N)C1CC1c1ccc(C#N)cc1. The van der Waals surface area contributed by atoms with Crippen molar-refractivity contribution >= 4 is 0 Å². The minimum absolute atomic E-state index is 0.288. The van der Waals surface area contributed by atoms with Crippen molar-refractivity contribution in [1.29, 1.82) is 5.26 Å². The van der Waals surface area contributed by atoms with Gasteiger partial charge in [-0.15, -0.1) is 0 Å². The van der Waals surface area contributed by atoms with Crippen LogP contribution in [0.3, 0.4) is 0 Å². The lowest BCUT2D eigenvalue weighted by atomic mass is 10.1. The zero-order valence-corrected chi connectivity index (χ0v) is 8.27. The van der Waals surface area contributed by atoms with E-state index in [1.165, 1.54) is 12.0 Å². The van der Waals surface area contributed by atoms with Crippen LogP contribution in [0.25, 0.3) is 0 Å². The summed E-state index contributed by atoms with van der Waals surface area (Å²) < 4.78 is 0. The van der Waals surface area contributed by atoms with Crippen molar-refractivity contribution in [2.45, 2.75) is 25.3 Å². The van der Waals surface area contributed by atoms with Crippen LogP contribution in [0.5, 0.6) is 0 Å². The maximum Gasteiger partial charge on any atom is 0.0991 e. The molecule has 0 aliphatic heterocycles. The number of nitrogens with zero attached hydrogens (tertiary/aromatic N) is 1. The molecule has 0 amide bonds. The molecule has 1 aliphatic rings. The average Bonchev–Trinajstić information content (AvgIpc) is 2.97. The molecule has 0 radical (unpaired) electrons. The van der Waals surface area contributed by atoms with E-state index in [1.807, 2.05) is 24.3 Å². The van der Waals surface area contributed by atoms with Gasteiger partial charge in [-0.1, -0.05) is 12.1 Å². The molecule has 2 heteroatoms. The summed E-state index contributed by atoms with van der Waals surface area (Å²) in [5, 5.41) is 8.65. The van der Waals surface area contributed by atoms with Gasteiger partial charge in [-0.05, 0) is 42.9 Å².